The van der Waals surface area contributed by atoms with E-state index in [1.807, 2.05) is 25.1 Å². The van der Waals surface area contributed by atoms with Crippen molar-refractivity contribution in [3.8, 4) is 11.5 Å². The summed E-state index contributed by atoms with van der Waals surface area (Å²) in [6.07, 6.45) is 0. The number of hydrogen-bond acceptors (Lipinski definition) is 3. The van der Waals surface area contributed by atoms with Crippen molar-refractivity contribution in [2.24, 2.45) is 5.73 Å². The van der Waals surface area contributed by atoms with Gasteiger partial charge in [0, 0.05) is 6.54 Å². The molecule has 0 atom stereocenters. The first kappa shape index (κ1) is 15.9. The van der Waals surface area contributed by atoms with Gasteiger partial charge in [-0.2, -0.15) is 0 Å². The van der Waals surface area contributed by atoms with Gasteiger partial charge in [0.25, 0.3) is 0 Å². The highest BCUT2D eigenvalue weighted by atomic mass is 79.9. The second-order valence-electron chi connectivity index (χ2n) is 4.82. The molecule has 0 heterocycles. The number of rotatable bonds is 6. The first-order valence-electron chi connectivity index (χ1n) is 6.97. The molecule has 2 N–H and O–H groups in total. The molecule has 0 aliphatic heterocycles. The predicted octanol–water partition coefficient (Wildman–Crippen LogP) is 4.19. The van der Waals surface area contributed by atoms with Crippen molar-refractivity contribution >= 4 is 15.9 Å². The minimum atomic E-state index is 0.469. The van der Waals surface area contributed by atoms with Gasteiger partial charge in [0.15, 0.2) is 11.5 Å². The van der Waals surface area contributed by atoms with E-state index in [0.29, 0.717) is 19.8 Å². The number of benzene rings is 2. The first-order valence-corrected chi connectivity index (χ1v) is 7.77. The van der Waals surface area contributed by atoms with Crippen molar-refractivity contribution in [3.63, 3.8) is 0 Å². The Morgan fingerprint density at radius 2 is 1.90 bits per heavy atom. The molecular weight excluding hydrogens is 330 g/mol. The third-order valence-corrected chi connectivity index (χ3v) is 3.66. The number of hydrogen-bond donors (Lipinski definition) is 1. The van der Waals surface area contributed by atoms with Crippen LogP contribution in [0.4, 0.5) is 0 Å². The van der Waals surface area contributed by atoms with E-state index in [0.717, 1.165) is 27.1 Å². The maximum absolute atomic E-state index is 5.95. The lowest BCUT2D eigenvalue weighted by Crippen LogP contribution is -2.03. The molecule has 0 radical (unpaired) electrons. The molecule has 0 saturated heterocycles. The van der Waals surface area contributed by atoms with Crippen LogP contribution in [0.25, 0.3) is 0 Å². The Bertz CT molecular complexity index is 614. The van der Waals surface area contributed by atoms with Gasteiger partial charge >= 0.3 is 0 Å². The third-order valence-electron chi connectivity index (χ3n) is 3.07. The van der Waals surface area contributed by atoms with Crippen molar-refractivity contribution < 1.29 is 9.47 Å². The second kappa shape index (κ2) is 7.48. The Kier molecular flexibility index (Phi) is 5.65. The molecule has 21 heavy (non-hydrogen) atoms. The molecule has 3 nitrogen and oxygen atoms in total. The highest BCUT2D eigenvalue weighted by molar-refractivity contribution is 9.10. The summed E-state index contributed by atoms with van der Waals surface area (Å²) >= 11 is 3.54. The second-order valence-corrected chi connectivity index (χ2v) is 5.67. The van der Waals surface area contributed by atoms with Gasteiger partial charge in [-0.15, -0.1) is 0 Å². The van der Waals surface area contributed by atoms with Crippen LogP contribution in [0.15, 0.2) is 40.9 Å². The molecule has 0 aromatic heterocycles. The molecular formula is C17H20BrNO2. The van der Waals surface area contributed by atoms with E-state index in [2.05, 4.69) is 41.1 Å². The fourth-order valence-electron chi connectivity index (χ4n) is 2.10. The van der Waals surface area contributed by atoms with E-state index < -0.39 is 0 Å². The quantitative estimate of drug-likeness (QED) is 0.850. The van der Waals surface area contributed by atoms with Crippen LogP contribution in [0.2, 0.25) is 0 Å². The SMILES string of the molecule is CCOc1cc(CN)cc(Br)c1OCc1cccc(C)c1. The maximum atomic E-state index is 5.95. The van der Waals surface area contributed by atoms with Crippen LogP contribution in [0.1, 0.15) is 23.6 Å². The van der Waals surface area contributed by atoms with E-state index in [1.54, 1.807) is 0 Å². The molecule has 0 saturated carbocycles. The van der Waals surface area contributed by atoms with Gasteiger partial charge in [-0.3, -0.25) is 0 Å². The summed E-state index contributed by atoms with van der Waals surface area (Å²) < 4.78 is 12.5. The lowest BCUT2D eigenvalue weighted by atomic mass is 10.1. The van der Waals surface area contributed by atoms with Crippen molar-refractivity contribution in [3.05, 3.63) is 57.6 Å². The molecule has 2 aromatic carbocycles. The standard InChI is InChI=1S/C17H20BrNO2/c1-3-20-16-9-14(10-19)8-15(18)17(16)21-11-13-6-4-5-12(2)7-13/h4-9H,3,10-11,19H2,1-2H3. The van der Waals surface area contributed by atoms with Gasteiger partial charge in [0.05, 0.1) is 11.1 Å². The van der Waals surface area contributed by atoms with Crippen LogP contribution in [-0.2, 0) is 13.2 Å². The van der Waals surface area contributed by atoms with E-state index in [4.69, 9.17) is 15.2 Å². The lowest BCUT2D eigenvalue weighted by Gasteiger charge is -2.15. The molecule has 0 aliphatic carbocycles. The van der Waals surface area contributed by atoms with Crippen molar-refractivity contribution in [2.75, 3.05) is 6.61 Å². The zero-order valence-corrected chi connectivity index (χ0v) is 13.9. The molecule has 0 aliphatic rings. The zero-order valence-electron chi connectivity index (χ0n) is 12.4. The van der Waals surface area contributed by atoms with Gasteiger partial charge in [0.2, 0.25) is 0 Å². The monoisotopic (exact) mass is 349 g/mol. The minimum absolute atomic E-state index is 0.469. The molecule has 0 bridgehead atoms. The number of halogens is 1. The first-order chi connectivity index (χ1) is 10.1. The van der Waals surface area contributed by atoms with Gasteiger partial charge in [-0.25, -0.2) is 0 Å². The number of nitrogens with two attached hydrogens (primary N) is 1. The van der Waals surface area contributed by atoms with E-state index in [9.17, 15) is 0 Å². The van der Waals surface area contributed by atoms with Crippen LogP contribution < -0.4 is 15.2 Å². The Hall–Kier alpha value is -1.52. The van der Waals surface area contributed by atoms with Crippen LogP contribution in [0.3, 0.4) is 0 Å². The molecule has 0 amide bonds. The summed E-state index contributed by atoms with van der Waals surface area (Å²) in [4.78, 5) is 0. The van der Waals surface area contributed by atoms with Gasteiger partial charge in [0.1, 0.15) is 6.61 Å². The Morgan fingerprint density at radius 3 is 2.57 bits per heavy atom. The van der Waals surface area contributed by atoms with E-state index in [1.165, 1.54) is 5.56 Å². The highest BCUT2D eigenvalue weighted by Gasteiger charge is 2.12. The minimum Gasteiger partial charge on any atom is -0.490 e. The van der Waals surface area contributed by atoms with Crippen LogP contribution in [-0.4, -0.2) is 6.61 Å². The fraction of sp³-hybridized carbons (Fsp3) is 0.294. The normalized spacial score (nSPS) is 10.5. The van der Waals surface area contributed by atoms with Crippen LogP contribution in [0, 0.1) is 6.92 Å². The Morgan fingerprint density at radius 1 is 1.10 bits per heavy atom. The largest absolute Gasteiger partial charge is 0.490 e. The number of aryl methyl sites for hydroxylation is 1. The summed E-state index contributed by atoms with van der Waals surface area (Å²) in [7, 11) is 0. The maximum Gasteiger partial charge on any atom is 0.175 e. The third kappa shape index (κ3) is 4.22. The van der Waals surface area contributed by atoms with Crippen LogP contribution >= 0.6 is 15.9 Å². The Labute approximate surface area is 134 Å². The van der Waals surface area contributed by atoms with Crippen molar-refractivity contribution in [1.82, 2.24) is 0 Å². The smallest absolute Gasteiger partial charge is 0.175 e. The zero-order chi connectivity index (χ0) is 15.2. The van der Waals surface area contributed by atoms with E-state index >= 15 is 0 Å². The highest BCUT2D eigenvalue weighted by Crippen LogP contribution is 2.37. The summed E-state index contributed by atoms with van der Waals surface area (Å²) in [6, 6.07) is 12.2. The number of ether oxygens (including phenoxy) is 2. The van der Waals surface area contributed by atoms with E-state index in [-0.39, 0.29) is 0 Å². The summed E-state index contributed by atoms with van der Waals surface area (Å²) in [5, 5.41) is 0. The molecule has 2 rings (SSSR count). The molecule has 112 valence electrons. The molecule has 0 unspecified atom stereocenters. The topological polar surface area (TPSA) is 44.5 Å². The van der Waals surface area contributed by atoms with Gasteiger partial charge < -0.3 is 15.2 Å². The summed E-state index contributed by atoms with van der Waals surface area (Å²) in [6.45, 7) is 5.58. The molecule has 0 fully saturated rings. The summed E-state index contributed by atoms with van der Waals surface area (Å²) in [5.74, 6) is 1.44. The van der Waals surface area contributed by atoms with Crippen molar-refractivity contribution in [2.45, 2.75) is 27.0 Å². The van der Waals surface area contributed by atoms with Crippen molar-refractivity contribution in [1.29, 1.82) is 0 Å². The average Bonchev–Trinajstić information content (AvgIpc) is 2.46. The summed E-state index contributed by atoms with van der Waals surface area (Å²) in [5.41, 5.74) is 9.06. The molecule has 0 spiro atoms. The molecule has 2 aromatic rings. The lowest BCUT2D eigenvalue weighted by molar-refractivity contribution is 0.267. The van der Waals surface area contributed by atoms with Gasteiger partial charge in [-0.05, 0) is 53.0 Å². The van der Waals surface area contributed by atoms with Crippen LogP contribution in [0.5, 0.6) is 11.5 Å². The Balaban J connectivity index is 2.22. The van der Waals surface area contributed by atoms with Gasteiger partial charge in [-0.1, -0.05) is 29.8 Å². The average molecular weight is 350 g/mol. The predicted molar refractivity (Wildman–Crippen MR) is 88.7 cm³/mol. The molecule has 4 heteroatoms. The fourth-order valence-corrected chi connectivity index (χ4v) is 2.70.